The van der Waals surface area contributed by atoms with Crippen LogP contribution in [0.4, 0.5) is 18.9 Å². The second-order valence-corrected chi connectivity index (χ2v) is 11.3. The van der Waals surface area contributed by atoms with Crippen molar-refractivity contribution in [1.82, 2.24) is 15.1 Å². The van der Waals surface area contributed by atoms with Crippen LogP contribution >= 0.6 is 15.9 Å². The van der Waals surface area contributed by atoms with Crippen LogP contribution in [0, 0.1) is 5.92 Å². The molecule has 0 unspecified atom stereocenters. The van der Waals surface area contributed by atoms with E-state index in [1.807, 2.05) is 24.3 Å². The number of ether oxygens (including phenoxy) is 1. The van der Waals surface area contributed by atoms with Crippen LogP contribution in [0.15, 0.2) is 53.0 Å². The van der Waals surface area contributed by atoms with Crippen molar-refractivity contribution in [3.05, 3.63) is 58.6 Å². The number of hydrogen-bond acceptors (Lipinski definition) is 5. The molecule has 222 valence electrons. The first-order valence-corrected chi connectivity index (χ1v) is 14.6. The zero-order chi connectivity index (χ0) is 29.4. The lowest BCUT2D eigenvalue weighted by Crippen LogP contribution is -2.40. The van der Waals surface area contributed by atoms with E-state index >= 15 is 0 Å². The maximum Gasteiger partial charge on any atom is 0.573 e. The molecule has 2 aliphatic heterocycles. The quantitative estimate of drug-likeness (QED) is 0.310. The molecule has 0 spiro atoms. The summed E-state index contributed by atoms with van der Waals surface area (Å²) < 4.78 is 41.9. The van der Waals surface area contributed by atoms with Gasteiger partial charge in [0.1, 0.15) is 12.3 Å². The number of halogens is 4. The molecule has 3 amide bonds. The first-order chi connectivity index (χ1) is 19.6. The first-order valence-electron chi connectivity index (χ1n) is 13.8. The lowest BCUT2D eigenvalue weighted by atomic mass is 9.97. The lowest BCUT2D eigenvalue weighted by molar-refractivity contribution is -0.274. The number of carbonyl (C=O) groups excluding carboxylic acids is 3. The molecule has 0 bridgehead atoms. The Labute approximate surface area is 245 Å². The van der Waals surface area contributed by atoms with Crippen molar-refractivity contribution in [3.8, 4) is 5.75 Å². The molecular weight excluding hydrogens is 605 g/mol. The maximum absolute atomic E-state index is 13.4. The molecule has 0 radical (unpaired) electrons. The van der Waals surface area contributed by atoms with Crippen LogP contribution in [0.5, 0.6) is 5.75 Å². The van der Waals surface area contributed by atoms with Crippen molar-refractivity contribution in [2.45, 2.75) is 50.9 Å². The zero-order valence-electron chi connectivity index (χ0n) is 22.6. The number of nitrogens with zero attached hydrogens (tertiary/aromatic N) is 2. The smallest absolute Gasteiger partial charge is 0.406 e. The highest BCUT2D eigenvalue weighted by molar-refractivity contribution is 9.10. The lowest BCUT2D eigenvalue weighted by Gasteiger charge is -2.25. The Hall–Kier alpha value is -3.12. The van der Waals surface area contributed by atoms with Gasteiger partial charge in [0.15, 0.2) is 0 Å². The summed E-state index contributed by atoms with van der Waals surface area (Å²) in [6.07, 6.45) is -0.225. The van der Waals surface area contributed by atoms with E-state index < -0.39 is 23.9 Å². The van der Waals surface area contributed by atoms with Gasteiger partial charge in [-0.2, -0.15) is 0 Å². The van der Waals surface area contributed by atoms with Gasteiger partial charge in [-0.3, -0.25) is 14.4 Å². The van der Waals surface area contributed by atoms with Gasteiger partial charge in [0, 0.05) is 29.0 Å². The number of likely N-dealkylation sites (tertiary alicyclic amines) is 2. The SMILES string of the molecule is O=C(CN1C(=O)[C@@H](CC(=O)Nc2ccc(OC(F)(F)F)cc2)C[C@@H]1c1ccc(Br)cc1)NCCCCN1CCCC1. The van der Waals surface area contributed by atoms with Crippen molar-refractivity contribution in [1.29, 1.82) is 0 Å². The van der Waals surface area contributed by atoms with Crippen molar-refractivity contribution in [2.24, 2.45) is 5.92 Å². The van der Waals surface area contributed by atoms with E-state index in [-0.39, 0.29) is 36.5 Å². The second-order valence-electron chi connectivity index (χ2n) is 10.4. The standard InChI is InChI=1S/C29H34BrF3N4O4/c30-22-7-5-20(6-8-22)25-17-21(18-26(38)35-23-9-11-24(12-10-23)41-29(31,32)33)28(40)37(25)19-27(39)34-13-1-2-14-36-15-3-4-16-36/h5-12,21,25H,1-4,13-19H2,(H,34,39)(H,35,38)/t21-,25-/m1/s1. The second kappa shape index (κ2) is 14.2. The molecule has 2 N–H and O–H groups in total. The van der Waals surface area contributed by atoms with Gasteiger partial charge >= 0.3 is 6.36 Å². The number of alkyl halides is 3. The maximum atomic E-state index is 13.4. The van der Waals surface area contributed by atoms with Gasteiger partial charge in [-0.05, 0) is 93.7 Å². The van der Waals surface area contributed by atoms with E-state index in [1.54, 1.807) is 0 Å². The van der Waals surface area contributed by atoms with E-state index in [4.69, 9.17) is 0 Å². The molecule has 2 aliphatic rings. The minimum atomic E-state index is -4.81. The highest BCUT2D eigenvalue weighted by atomic mass is 79.9. The molecule has 2 heterocycles. The summed E-state index contributed by atoms with van der Waals surface area (Å²) in [6, 6.07) is 11.9. The van der Waals surface area contributed by atoms with Crippen LogP contribution in [0.2, 0.25) is 0 Å². The summed E-state index contributed by atoms with van der Waals surface area (Å²) in [6.45, 7) is 3.74. The molecule has 8 nitrogen and oxygen atoms in total. The highest BCUT2D eigenvalue weighted by Crippen LogP contribution is 2.38. The predicted octanol–water partition coefficient (Wildman–Crippen LogP) is 5.26. The molecule has 12 heteroatoms. The van der Waals surface area contributed by atoms with Gasteiger partial charge < -0.3 is 25.2 Å². The van der Waals surface area contributed by atoms with E-state index in [1.165, 1.54) is 29.9 Å². The molecule has 0 aliphatic carbocycles. The average Bonchev–Trinajstić information content (AvgIpc) is 3.53. The first kappa shape index (κ1) is 30.8. The highest BCUT2D eigenvalue weighted by Gasteiger charge is 2.41. The molecule has 0 saturated carbocycles. The van der Waals surface area contributed by atoms with Crippen LogP contribution in [0.25, 0.3) is 0 Å². The molecule has 41 heavy (non-hydrogen) atoms. The van der Waals surface area contributed by atoms with Crippen molar-refractivity contribution in [2.75, 3.05) is 38.0 Å². The number of amides is 3. The molecule has 2 saturated heterocycles. The van der Waals surface area contributed by atoms with E-state index in [2.05, 4.69) is 36.2 Å². The number of benzene rings is 2. The van der Waals surface area contributed by atoms with Crippen LogP contribution in [-0.2, 0) is 14.4 Å². The van der Waals surface area contributed by atoms with Crippen LogP contribution in [0.3, 0.4) is 0 Å². The molecule has 0 aromatic heterocycles. The van der Waals surface area contributed by atoms with E-state index in [9.17, 15) is 27.6 Å². The zero-order valence-corrected chi connectivity index (χ0v) is 24.2. The Morgan fingerprint density at radius 1 is 0.976 bits per heavy atom. The number of rotatable bonds is 12. The fraction of sp³-hybridized carbons (Fsp3) is 0.483. The topological polar surface area (TPSA) is 91.0 Å². The average molecular weight is 640 g/mol. The van der Waals surface area contributed by atoms with Gasteiger partial charge in [-0.25, -0.2) is 0 Å². The van der Waals surface area contributed by atoms with Gasteiger partial charge in [0.2, 0.25) is 17.7 Å². The number of hydrogen-bond donors (Lipinski definition) is 2. The summed E-state index contributed by atoms with van der Waals surface area (Å²) in [5, 5.41) is 5.55. The third-order valence-electron chi connectivity index (χ3n) is 7.31. The summed E-state index contributed by atoms with van der Waals surface area (Å²) in [4.78, 5) is 42.9. The fourth-order valence-corrected chi connectivity index (χ4v) is 5.59. The van der Waals surface area contributed by atoms with Crippen LogP contribution in [-0.4, -0.2) is 66.6 Å². The summed E-state index contributed by atoms with van der Waals surface area (Å²) >= 11 is 3.41. The minimum Gasteiger partial charge on any atom is -0.406 e. The molecule has 2 aromatic carbocycles. The summed E-state index contributed by atoms with van der Waals surface area (Å²) in [5.74, 6) is -2.03. The summed E-state index contributed by atoms with van der Waals surface area (Å²) in [5.41, 5.74) is 1.14. The van der Waals surface area contributed by atoms with Crippen molar-refractivity contribution in [3.63, 3.8) is 0 Å². The minimum absolute atomic E-state index is 0.107. The molecule has 4 rings (SSSR count). The van der Waals surface area contributed by atoms with Crippen molar-refractivity contribution >= 4 is 39.3 Å². The third-order valence-corrected chi connectivity index (χ3v) is 7.84. The number of unbranched alkanes of at least 4 members (excludes halogenated alkanes) is 1. The van der Waals surface area contributed by atoms with Crippen molar-refractivity contribution < 1.29 is 32.3 Å². The number of nitrogens with one attached hydrogen (secondary N) is 2. The van der Waals surface area contributed by atoms with E-state index in [0.29, 0.717) is 13.0 Å². The largest absolute Gasteiger partial charge is 0.573 e. The van der Waals surface area contributed by atoms with E-state index in [0.717, 1.165) is 54.6 Å². The van der Waals surface area contributed by atoms with Gasteiger partial charge in [0.05, 0.1) is 6.04 Å². The van der Waals surface area contributed by atoms with Crippen LogP contribution < -0.4 is 15.4 Å². The van der Waals surface area contributed by atoms with Gasteiger partial charge in [0.25, 0.3) is 0 Å². The Morgan fingerprint density at radius 2 is 1.66 bits per heavy atom. The van der Waals surface area contributed by atoms with Gasteiger partial charge in [-0.1, -0.05) is 28.1 Å². The molecular formula is C29H34BrF3N4O4. The van der Waals surface area contributed by atoms with Gasteiger partial charge in [-0.15, -0.1) is 13.2 Å². The normalized spacial score (nSPS) is 19.4. The Morgan fingerprint density at radius 3 is 2.32 bits per heavy atom. The molecule has 2 atom stereocenters. The monoisotopic (exact) mass is 638 g/mol. The predicted molar refractivity (Wildman–Crippen MR) is 151 cm³/mol. The fourth-order valence-electron chi connectivity index (χ4n) is 5.33. The Bertz CT molecular complexity index is 1190. The summed E-state index contributed by atoms with van der Waals surface area (Å²) in [7, 11) is 0. The van der Waals surface area contributed by atoms with Crippen LogP contribution in [0.1, 0.15) is 50.1 Å². The Balaban J connectivity index is 1.32. The Kier molecular flexibility index (Phi) is 10.7. The molecule has 2 fully saturated rings. The number of anilines is 1. The third kappa shape index (κ3) is 9.46. The number of carbonyl (C=O) groups is 3. The molecule has 2 aromatic rings.